The Morgan fingerprint density at radius 1 is 1.33 bits per heavy atom. The molecule has 27 heavy (non-hydrogen) atoms. The lowest BCUT2D eigenvalue weighted by atomic mass is 10.1. The van der Waals surface area contributed by atoms with Crippen molar-refractivity contribution in [2.75, 3.05) is 33.2 Å². The Morgan fingerprint density at radius 3 is 2.74 bits per heavy atom. The maximum absolute atomic E-state index is 13.9. The highest BCUT2D eigenvalue weighted by atomic mass is 127. The molecule has 0 bridgehead atoms. The van der Waals surface area contributed by atoms with E-state index < -0.39 is 0 Å². The number of piperazine rings is 1. The Kier molecular flexibility index (Phi) is 7.99. The van der Waals surface area contributed by atoms with Gasteiger partial charge in [-0.3, -0.25) is 9.89 Å². The topological polar surface area (TPSA) is 80.7 Å². The first-order valence-corrected chi connectivity index (χ1v) is 8.45. The van der Waals surface area contributed by atoms with Gasteiger partial charge in [0, 0.05) is 57.9 Å². The first kappa shape index (κ1) is 21.1. The zero-order valence-corrected chi connectivity index (χ0v) is 17.4. The summed E-state index contributed by atoms with van der Waals surface area (Å²) in [7, 11) is 1.71. The zero-order chi connectivity index (χ0) is 18.4. The summed E-state index contributed by atoms with van der Waals surface area (Å²) in [5.74, 6) is 0.400. The van der Waals surface area contributed by atoms with E-state index in [0.29, 0.717) is 11.1 Å². The van der Waals surface area contributed by atoms with E-state index in [1.807, 2.05) is 12.1 Å². The van der Waals surface area contributed by atoms with Crippen molar-refractivity contribution in [3.8, 4) is 6.07 Å². The molecule has 144 valence electrons. The Morgan fingerprint density at radius 2 is 2.11 bits per heavy atom. The minimum atomic E-state index is -0.329. The van der Waals surface area contributed by atoms with Crippen molar-refractivity contribution in [3.05, 3.63) is 53.2 Å². The van der Waals surface area contributed by atoms with Gasteiger partial charge in [-0.05, 0) is 18.2 Å². The van der Waals surface area contributed by atoms with Gasteiger partial charge in [0.15, 0.2) is 5.96 Å². The molecule has 1 aromatic heterocycles. The number of guanidine groups is 1. The highest BCUT2D eigenvalue weighted by molar-refractivity contribution is 14.0. The number of nitriles is 1. The van der Waals surface area contributed by atoms with E-state index in [9.17, 15) is 4.39 Å². The van der Waals surface area contributed by atoms with Crippen molar-refractivity contribution in [2.24, 2.45) is 4.99 Å². The van der Waals surface area contributed by atoms with Crippen LogP contribution in [-0.2, 0) is 13.1 Å². The predicted octanol–water partition coefficient (Wildman–Crippen LogP) is 2.20. The number of rotatable bonds is 4. The molecular formula is C18H22FIN6O. The number of hydrogen-bond acceptors (Lipinski definition) is 5. The average Bonchev–Trinajstić information content (AvgIpc) is 3.18. The molecule has 7 nitrogen and oxygen atoms in total. The van der Waals surface area contributed by atoms with E-state index >= 15 is 0 Å². The largest absolute Gasteiger partial charge is 0.364 e. The molecule has 0 aliphatic carbocycles. The minimum absolute atomic E-state index is 0. The smallest absolute Gasteiger partial charge is 0.194 e. The first-order valence-electron chi connectivity index (χ1n) is 8.45. The van der Waals surface area contributed by atoms with Crippen LogP contribution >= 0.6 is 24.0 Å². The quantitative estimate of drug-likeness (QED) is 0.407. The molecule has 0 radical (unpaired) electrons. The minimum Gasteiger partial charge on any atom is -0.364 e. The fourth-order valence-electron chi connectivity index (χ4n) is 2.95. The van der Waals surface area contributed by atoms with Crippen molar-refractivity contribution in [1.82, 2.24) is 20.3 Å². The molecule has 1 aliphatic heterocycles. The molecule has 1 aliphatic rings. The summed E-state index contributed by atoms with van der Waals surface area (Å²) in [6, 6.07) is 8.26. The average molecular weight is 484 g/mol. The van der Waals surface area contributed by atoms with E-state index in [0.717, 1.165) is 44.4 Å². The summed E-state index contributed by atoms with van der Waals surface area (Å²) in [4.78, 5) is 8.75. The third-order valence-electron chi connectivity index (χ3n) is 4.37. The molecular weight excluding hydrogens is 462 g/mol. The molecule has 2 heterocycles. The third kappa shape index (κ3) is 5.64. The van der Waals surface area contributed by atoms with Crippen LogP contribution in [0.15, 0.2) is 40.0 Å². The van der Waals surface area contributed by atoms with Crippen molar-refractivity contribution in [1.29, 1.82) is 5.26 Å². The third-order valence-corrected chi connectivity index (χ3v) is 4.37. The normalized spacial score (nSPS) is 15.1. The molecule has 1 fully saturated rings. The molecule has 0 amide bonds. The summed E-state index contributed by atoms with van der Waals surface area (Å²) in [5.41, 5.74) is 1.82. The van der Waals surface area contributed by atoms with Crippen molar-refractivity contribution >= 4 is 29.9 Å². The van der Waals surface area contributed by atoms with Gasteiger partial charge in [-0.1, -0.05) is 5.16 Å². The van der Waals surface area contributed by atoms with Gasteiger partial charge < -0.3 is 14.7 Å². The Bertz CT molecular complexity index is 797. The number of nitrogens with one attached hydrogen (secondary N) is 1. The number of nitrogens with zero attached hydrogens (tertiary/aromatic N) is 5. The van der Waals surface area contributed by atoms with Gasteiger partial charge in [0.2, 0.25) is 0 Å². The van der Waals surface area contributed by atoms with Crippen LogP contribution in [0.3, 0.4) is 0 Å². The summed E-state index contributed by atoms with van der Waals surface area (Å²) >= 11 is 0. The second kappa shape index (κ2) is 10.2. The van der Waals surface area contributed by atoms with Crippen LogP contribution in [0.25, 0.3) is 0 Å². The molecule has 1 saturated heterocycles. The first-order chi connectivity index (χ1) is 12.7. The van der Waals surface area contributed by atoms with E-state index in [1.165, 1.54) is 12.1 Å². The molecule has 2 aromatic rings. The second-order valence-corrected chi connectivity index (χ2v) is 6.07. The molecule has 0 spiro atoms. The van der Waals surface area contributed by atoms with E-state index in [2.05, 4.69) is 25.3 Å². The summed E-state index contributed by atoms with van der Waals surface area (Å²) in [6.07, 6.45) is 1.58. The van der Waals surface area contributed by atoms with Crippen LogP contribution in [0, 0.1) is 17.1 Å². The lowest BCUT2D eigenvalue weighted by Crippen LogP contribution is -2.52. The maximum Gasteiger partial charge on any atom is 0.194 e. The Hall–Kier alpha value is -2.19. The fourth-order valence-corrected chi connectivity index (χ4v) is 2.95. The van der Waals surface area contributed by atoms with Gasteiger partial charge in [-0.2, -0.15) is 5.26 Å². The number of halogens is 2. The molecule has 0 unspecified atom stereocenters. The van der Waals surface area contributed by atoms with Crippen molar-refractivity contribution < 1.29 is 8.91 Å². The Balaban J connectivity index is 0.00000261. The Labute approximate surface area is 174 Å². The van der Waals surface area contributed by atoms with Gasteiger partial charge >= 0.3 is 0 Å². The SMILES string of the molecule is CN=C(NCc1cc(C#N)ccc1F)N1CCN(Cc2ccon2)CC1.I. The van der Waals surface area contributed by atoms with Crippen LogP contribution in [0.5, 0.6) is 0 Å². The maximum atomic E-state index is 13.9. The highest BCUT2D eigenvalue weighted by Gasteiger charge is 2.20. The zero-order valence-electron chi connectivity index (χ0n) is 15.1. The molecule has 9 heteroatoms. The predicted molar refractivity (Wildman–Crippen MR) is 110 cm³/mol. The van der Waals surface area contributed by atoms with Crippen LogP contribution in [-0.4, -0.2) is 54.1 Å². The van der Waals surface area contributed by atoms with Crippen LogP contribution < -0.4 is 5.32 Å². The van der Waals surface area contributed by atoms with Gasteiger partial charge in [0.05, 0.1) is 17.3 Å². The lowest BCUT2D eigenvalue weighted by molar-refractivity contribution is 0.169. The standard InChI is InChI=1S/C18H21FN6O.HI/c1-21-18(22-12-15-10-14(11-20)2-3-17(15)19)25-7-5-24(6-8-25)13-16-4-9-26-23-16;/h2-4,9-10H,5-8,12-13H2,1H3,(H,21,22);1H. The van der Waals surface area contributed by atoms with Crippen LogP contribution in [0.1, 0.15) is 16.8 Å². The van der Waals surface area contributed by atoms with Gasteiger partial charge in [-0.15, -0.1) is 24.0 Å². The number of benzene rings is 1. The second-order valence-electron chi connectivity index (χ2n) is 6.07. The molecule has 1 N–H and O–H groups in total. The van der Waals surface area contributed by atoms with Gasteiger partial charge in [-0.25, -0.2) is 4.39 Å². The highest BCUT2D eigenvalue weighted by Crippen LogP contribution is 2.11. The molecule has 0 atom stereocenters. The number of aromatic nitrogens is 1. The van der Waals surface area contributed by atoms with Gasteiger partial charge in [0.25, 0.3) is 0 Å². The van der Waals surface area contributed by atoms with E-state index in [4.69, 9.17) is 9.78 Å². The number of aliphatic imine (C=N–C) groups is 1. The monoisotopic (exact) mass is 484 g/mol. The van der Waals surface area contributed by atoms with Crippen molar-refractivity contribution in [2.45, 2.75) is 13.1 Å². The summed E-state index contributed by atoms with van der Waals surface area (Å²) < 4.78 is 18.8. The molecule has 3 rings (SSSR count). The molecule has 0 saturated carbocycles. The summed E-state index contributed by atoms with van der Waals surface area (Å²) in [5, 5.41) is 16.1. The van der Waals surface area contributed by atoms with E-state index in [-0.39, 0.29) is 36.3 Å². The number of hydrogen-bond donors (Lipinski definition) is 1. The van der Waals surface area contributed by atoms with E-state index in [1.54, 1.807) is 19.4 Å². The summed E-state index contributed by atoms with van der Waals surface area (Å²) in [6.45, 7) is 4.45. The van der Waals surface area contributed by atoms with Crippen LogP contribution in [0.4, 0.5) is 4.39 Å². The van der Waals surface area contributed by atoms with Crippen molar-refractivity contribution in [3.63, 3.8) is 0 Å². The van der Waals surface area contributed by atoms with Crippen LogP contribution in [0.2, 0.25) is 0 Å². The fraction of sp³-hybridized carbons (Fsp3) is 0.389. The lowest BCUT2D eigenvalue weighted by Gasteiger charge is -2.36. The molecule has 1 aromatic carbocycles. The van der Waals surface area contributed by atoms with Gasteiger partial charge in [0.1, 0.15) is 12.1 Å².